The van der Waals surface area contributed by atoms with Crippen molar-refractivity contribution in [3.05, 3.63) is 48.0 Å². The minimum Gasteiger partial charge on any atom is -0.458 e. The molecule has 0 amide bonds. The van der Waals surface area contributed by atoms with E-state index in [1.165, 1.54) is 12.5 Å². The predicted octanol–water partition coefficient (Wildman–Crippen LogP) is 2.71. The number of esters is 1. The number of carbonyl (C=O) groups is 1. The minimum absolute atomic E-state index is 0.0761. The first kappa shape index (κ1) is 12.8. The van der Waals surface area contributed by atoms with E-state index in [4.69, 9.17) is 9.47 Å². The number of hydrogen-bond acceptors (Lipinski definition) is 3. The first-order valence-electron chi connectivity index (χ1n) is 6.21. The van der Waals surface area contributed by atoms with Gasteiger partial charge in [0.2, 0.25) is 0 Å². The molecular formula is C15H18O3. The Morgan fingerprint density at radius 3 is 2.78 bits per heavy atom. The van der Waals surface area contributed by atoms with Crippen molar-refractivity contribution in [3.8, 4) is 0 Å². The van der Waals surface area contributed by atoms with Crippen LogP contribution < -0.4 is 0 Å². The van der Waals surface area contributed by atoms with Crippen LogP contribution in [-0.2, 0) is 20.9 Å². The van der Waals surface area contributed by atoms with Gasteiger partial charge in [-0.1, -0.05) is 36.4 Å². The Hall–Kier alpha value is -1.61. The van der Waals surface area contributed by atoms with Crippen molar-refractivity contribution in [2.75, 3.05) is 6.61 Å². The van der Waals surface area contributed by atoms with E-state index in [0.717, 1.165) is 6.42 Å². The van der Waals surface area contributed by atoms with E-state index in [1.807, 2.05) is 36.4 Å². The zero-order chi connectivity index (χ0) is 12.8. The van der Waals surface area contributed by atoms with Crippen LogP contribution in [-0.4, -0.2) is 18.7 Å². The Kier molecular flexibility index (Phi) is 4.53. The van der Waals surface area contributed by atoms with E-state index in [0.29, 0.717) is 19.1 Å². The Labute approximate surface area is 107 Å². The average molecular weight is 246 g/mol. The summed E-state index contributed by atoms with van der Waals surface area (Å²) >= 11 is 0. The zero-order valence-electron chi connectivity index (χ0n) is 10.5. The lowest BCUT2D eigenvalue weighted by Gasteiger charge is -2.12. The second-order valence-electron chi connectivity index (χ2n) is 4.53. The molecule has 3 heteroatoms. The van der Waals surface area contributed by atoms with Crippen LogP contribution in [0.4, 0.5) is 0 Å². The number of carbonyl (C=O) groups excluding carboxylic acids is 1. The normalized spacial score (nSPS) is 22.1. The summed E-state index contributed by atoms with van der Waals surface area (Å²) in [6, 6.07) is 10.1. The van der Waals surface area contributed by atoms with Gasteiger partial charge in [-0.3, -0.25) is 4.79 Å². The monoisotopic (exact) mass is 246 g/mol. The summed E-state index contributed by atoms with van der Waals surface area (Å²) in [6.07, 6.45) is 4.76. The third-order valence-electron chi connectivity index (χ3n) is 2.89. The standard InChI is InChI=1S/C15H18O3/c1-12(16)18-15-8-7-14(9-15)11-17-10-13-5-3-2-4-6-13/h2-8,14-15H,9-11H2,1H3/t14-,15+/m0/s1. The van der Waals surface area contributed by atoms with E-state index >= 15 is 0 Å². The van der Waals surface area contributed by atoms with Crippen molar-refractivity contribution in [1.29, 1.82) is 0 Å². The molecule has 0 N–H and O–H groups in total. The summed E-state index contributed by atoms with van der Waals surface area (Å²) < 4.78 is 10.8. The maximum atomic E-state index is 10.8. The van der Waals surface area contributed by atoms with E-state index in [9.17, 15) is 4.79 Å². The molecule has 1 aliphatic rings. The molecule has 0 bridgehead atoms. The van der Waals surface area contributed by atoms with Crippen LogP contribution in [0.15, 0.2) is 42.5 Å². The Bertz CT molecular complexity index is 411. The van der Waals surface area contributed by atoms with Crippen molar-refractivity contribution in [2.24, 2.45) is 5.92 Å². The van der Waals surface area contributed by atoms with E-state index < -0.39 is 0 Å². The van der Waals surface area contributed by atoms with E-state index in [1.54, 1.807) is 0 Å². The predicted molar refractivity (Wildman–Crippen MR) is 68.9 cm³/mol. The summed E-state index contributed by atoms with van der Waals surface area (Å²) in [5, 5.41) is 0. The molecule has 2 rings (SSSR count). The Morgan fingerprint density at radius 2 is 2.06 bits per heavy atom. The van der Waals surface area contributed by atoms with Crippen LogP contribution in [0.1, 0.15) is 18.9 Å². The topological polar surface area (TPSA) is 35.5 Å². The van der Waals surface area contributed by atoms with Gasteiger partial charge in [-0.05, 0) is 18.1 Å². The largest absolute Gasteiger partial charge is 0.458 e. The first-order valence-corrected chi connectivity index (χ1v) is 6.21. The molecule has 0 fully saturated rings. The summed E-state index contributed by atoms with van der Waals surface area (Å²) in [5.41, 5.74) is 1.18. The SMILES string of the molecule is CC(=O)O[C@@H]1C=C[C@H](COCc2ccccc2)C1. The maximum Gasteiger partial charge on any atom is 0.303 e. The van der Waals surface area contributed by atoms with Crippen molar-refractivity contribution >= 4 is 5.97 Å². The lowest BCUT2D eigenvalue weighted by Crippen LogP contribution is -2.14. The van der Waals surface area contributed by atoms with Gasteiger partial charge in [0.15, 0.2) is 0 Å². The molecular weight excluding hydrogens is 228 g/mol. The number of rotatable bonds is 5. The minimum atomic E-state index is -0.226. The molecule has 3 nitrogen and oxygen atoms in total. The highest BCUT2D eigenvalue weighted by molar-refractivity contribution is 5.66. The molecule has 1 aromatic rings. The molecule has 0 saturated heterocycles. The number of benzene rings is 1. The molecule has 1 aromatic carbocycles. The van der Waals surface area contributed by atoms with Gasteiger partial charge in [-0.25, -0.2) is 0 Å². The van der Waals surface area contributed by atoms with Crippen molar-refractivity contribution in [2.45, 2.75) is 26.1 Å². The fourth-order valence-electron chi connectivity index (χ4n) is 2.06. The second kappa shape index (κ2) is 6.36. The number of ether oxygens (including phenoxy) is 2. The van der Waals surface area contributed by atoms with Crippen LogP contribution in [0.2, 0.25) is 0 Å². The molecule has 0 aliphatic heterocycles. The molecule has 0 heterocycles. The molecule has 0 radical (unpaired) electrons. The van der Waals surface area contributed by atoms with Crippen LogP contribution >= 0.6 is 0 Å². The molecule has 2 atom stereocenters. The summed E-state index contributed by atoms with van der Waals surface area (Å²) in [4.78, 5) is 10.8. The molecule has 0 aromatic heterocycles. The summed E-state index contributed by atoms with van der Waals surface area (Å²) in [5.74, 6) is 0.119. The zero-order valence-corrected chi connectivity index (χ0v) is 10.5. The van der Waals surface area contributed by atoms with Gasteiger partial charge in [-0.15, -0.1) is 0 Å². The van der Waals surface area contributed by atoms with E-state index in [-0.39, 0.29) is 12.1 Å². The first-order chi connectivity index (χ1) is 8.74. The highest BCUT2D eigenvalue weighted by atomic mass is 16.5. The lowest BCUT2D eigenvalue weighted by atomic mass is 10.1. The smallest absolute Gasteiger partial charge is 0.303 e. The van der Waals surface area contributed by atoms with Crippen LogP contribution in [0, 0.1) is 5.92 Å². The van der Waals surface area contributed by atoms with Crippen molar-refractivity contribution in [3.63, 3.8) is 0 Å². The fraction of sp³-hybridized carbons (Fsp3) is 0.400. The summed E-state index contributed by atoms with van der Waals surface area (Å²) in [7, 11) is 0. The van der Waals surface area contributed by atoms with Crippen LogP contribution in [0.25, 0.3) is 0 Å². The second-order valence-corrected chi connectivity index (χ2v) is 4.53. The molecule has 0 saturated carbocycles. The Morgan fingerprint density at radius 1 is 1.28 bits per heavy atom. The number of hydrogen-bond donors (Lipinski definition) is 0. The highest BCUT2D eigenvalue weighted by Gasteiger charge is 2.20. The van der Waals surface area contributed by atoms with Gasteiger partial charge < -0.3 is 9.47 Å². The molecule has 0 unspecified atom stereocenters. The van der Waals surface area contributed by atoms with Crippen LogP contribution in [0.3, 0.4) is 0 Å². The highest BCUT2D eigenvalue weighted by Crippen LogP contribution is 2.21. The van der Waals surface area contributed by atoms with Crippen molar-refractivity contribution in [1.82, 2.24) is 0 Å². The quantitative estimate of drug-likeness (QED) is 0.592. The third-order valence-corrected chi connectivity index (χ3v) is 2.89. The van der Waals surface area contributed by atoms with Gasteiger partial charge in [0.1, 0.15) is 6.10 Å². The average Bonchev–Trinajstić information content (AvgIpc) is 2.77. The van der Waals surface area contributed by atoms with Gasteiger partial charge in [0.05, 0.1) is 13.2 Å². The maximum absolute atomic E-state index is 10.8. The van der Waals surface area contributed by atoms with Gasteiger partial charge >= 0.3 is 5.97 Å². The Balaban J connectivity index is 1.67. The van der Waals surface area contributed by atoms with Crippen LogP contribution in [0.5, 0.6) is 0 Å². The van der Waals surface area contributed by atoms with Crippen molar-refractivity contribution < 1.29 is 14.3 Å². The van der Waals surface area contributed by atoms with Gasteiger partial charge in [0.25, 0.3) is 0 Å². The molecule has 18 heavy (non-hydrogen) atoms. The van der Waals surface area contributed by atoms with E-state index in [2.05, 4.69) is 6.08 Å². The summed E-state index contributed by atoms with van der Waals surface area (Å²) in [6.45, 7) is 2.74. The molecule has 96 valence electrons. The molecule has 0 spiro atoms. The third kappa shape index (κ3) is 4.00. The fourth-order valence-corrected chi connectivity index (χ4v) is 2.06. The van der Waals surface area contributed by atoms with Gasteiger partial charge in [-0.2, -0.15) is 0 Å². The van der Waals surface area contributed by atoms with Gasteiger partial charge in [0, 0.05) is 12.8 Å². The lowest BCUT2D eigenvalue weighted by molar-refractivity contribution is -0.144. The molecule has 1 aliphatic carbocycles.